The molecule has 0 spiro atoms. The zero-order valence-corrected chi connectivity index (χ0v) is 13.5. The van der Waals surface area contributed by atoms with E-state index in [2.05, 4.69) is 0 Å². The number of fused-ring (bicyclic) bond motifs is 2. The molecule has 4 saturated carbocycles. The van der Waals surface area contributed by atoms with E-state index in [1.54, 1.807) is 0 Å². The average molecular weight is 306 g/mol. The normalized spacial score (nSPS) is 57.6. The highest BCUT2D eigenvalue weighted by molar-refractivity contribution is 7.86. The van der Waals surface area contributed by atoms with Crippen molar-refractivity contribution in [2.24, 2.45) is 35.5 Å². The molecule has 0 aromatic rings. The number of carbonyl (C=O) groups is 1. The summed E-state index contributed by atoms with van der Waals surface area (Å²) in [5, 5.41) is 0.712. The van der Waals surface area contributed by atoms with Crippen LogP contribution in [0.15, 0.2) is 0 Å². The Morgan fingerprint density at radius 1 is 0.762 bits per heavy atom. The van der Waals surface area contributed by atoms with Gasteiger partial charge in [0.2, 0.25) is 0 Å². The van der Waals surface area contributed by atoms with Crippen LogP contribution in [0.1, 0.15) is 57.8 Å². The Morgan fingerprint density at radius 2 is 1.29 bits per heavy atom. The lowest BCUT2D eigenvalue weighted by molar-refractivity contribution is -0.140. The van der Waals surface area contributed by atoms with Crippen molar-refractivity contribution in [2.75, 3.05) is 0 Å². The van der Waals surface area contributed by atoms with Crippen molar-refractivity contribution < 1.29 is 9.00 Å². The Morgan fingerprint density at radius 3 is 1.81 bits per heavy atom. The maximum Gasteiger partial charge on any atom is 0.139 e. The van der Waals surface area contributed by atoms with Crippen LogP contribution in [0, 0.1) is 35.5 Å². The van der Waals surface area contributed by atoms with Crippen LogP contribution in [-0.2, 0) is 15.6 Å². The van der Waals surface area contributed by atoms with Gasteiger partial charge in [-0.25, -0.2) is 0 Å². The third kappa shape index (κ3) is 1.95. The summed E-state index contributed by atoms with van der Waals surface area (Å²) < 4.78 is 12.2. The molecule has 2 nitrogen and oxygen atoms in total. The smallest absolute Gasteiger partial charge is 0.139 e. The number of hydrogen-bond acceptors (Lipinski definition) is 2. The molecule has 6 bridgehead atoms. The van der Waals surface area contributed by atoms with Gasteiger partial charge in [0.1, 0.15) is 5.78 Å². The molecular formula is C18H26O2S. The minimum Gasteiger partial charge on any atom is -0.299 e. The van der Waals surface area contributed by atoms with Gasteiger partial charge in [-0.1, -0.05) is 0 Å². The van der Waals surface area contributed by atoms with E-state index in [1.165, 1.54) is 32.1 Å². The maximum absolute atomic E-state index is 13.2. The summed E-state index contributed by atoms with van der Waals surface area (Å²) in [5.41, 5.74) is 0. The van der Waals surface area contributed by atoms with Crippen LogP contribution >= 0.6 is 0 Å². The van der Waals surface area contributed by atoms with E-state index in [0.717, 1.165) is 49.4 Å². The van der Waals surface area contributed by atoms with E-state index in [9.17, 15) is 9.00 Å². The third-order valence-electron chi connectivity index (χ3n) is 7.52. The fraction of sp³-hybridized carbons (Fsp3) is 0.944. The Balaban J connectivity index is 1.36. The van der Waals surface area contributed by atoms with Crippen LogP contribution in [0.5, 0.6) is 0 Å². The van der Waals surface area contributed by atoms with Crippen molar-refractivity contribution in [3.8, 4) is 0 Å². The fourth-order valence-corrected chi connectivity index (χ4v) is 9.05. The van der Waals surface area contributed by atoms with Gasteiger partial charge in [-0.05, 0) is 81.5 Å². The molecule has 0 aromatic carbocycles. The van der Waals surface area contributed by atoms with Crippen LogP contribution in [0.3, 0.4) is 0 Å². The monoisotopic (exact) mass is 306 g/mol. The standard InChI is InChI=1S/C18H26O2S/c19-18(14-8-15-1-2-16(9-14)21(15)20)17-12-4-10-3-11(6-12)7-13(17)5-10/h10-17H,1-9H2. The molecule has 0 amide bonds. The SMILES string of the molecule is O=C(C1CC2CCC(C1)S2=O)C1C2CC3CC(C2)CC1C3. The minimum atomic E-state index is -0.617. The van der Waals surface area contributed by atoms with E-state index in [-0.39, 0.29) is 5.92 Å². The summed E-state index contributed by atoms with van der Waals surface area (Å²) in [5.74, 6) is 4.62. The molecule has 2 aliphatic heterocycles. The first-order valence-corrected chi connectivity index (χ1v) is 10.4. The molecular weight excluding hydrogens is 280 g/mol. The zero-order valence-electron chi connectivity index (χ0n) is 12.7. The van der Waals surface area contributed by atoms with E-state index >= 15 is 0 Å². The number of ketones is 1. The molecule has 3 heteroatoms. The van der Waals surface area contributed by atoms with Crippen molar-refractivity contribution in [1.82, 2.24) is 0 Å². The second-order valence-electron chi connectivity index (χ2n) is 8.68. The van der Waals surface area contributed by atoms with Crippen molar-refractivity contribution in [2.45, 2.75) is 68.3 Å². The molecule has 0 aromatic heterocycles. The van der Waals surface area contributed by atoms with Gasteiger partial charge in [0, 0.05) is 33.1 Å². The molecule has 2 atom stereocenters. The van der Waals surface area contributed by atoms with Crippen LogP contribution in [-0.4, -0.2) is 20.5 Å². The second-order valence-corrected chi connectivity index (χ2v) is 10.7. The Bertz CT molecular complexity index is 455. The number of Topliss-reactive ketones (excluding diaryl/α,β-unsaturated/α-hetero) is 1. The highest BCUT2D eigenvalue weighted by atomic mass is 32.2. The van der Waals surface area contributed by atoms with Gasteiger partial charge in [0.25, 0.3) is 0 Å². The summed E-state index contributed by atoms with van der Waals surface area (Å²) in [6.45, 7) is 0. The molecule has 21 heavy (non-hydrogen) atoms. The van der Waals surface area contributed by atoms with Gasteiger partial charge in [0.05, 0.1) is 0 Å². The second kappa shape index (κ2) is 4.66. The Labute approximate surface area is 129 Å². The molecule has 2 saturated heterocycles. The molecule has 0 radical (unpaired) electrons. The van der Waals surface area contributed by atoms with E-state index in [0.29, 0.717) is 22.2 Å². The molecule has 2 unspecified atom stereocenters. The fourth-order valence-electron chi connectivity index (χ4n) is 6.93. The molecule has 2 heterocycles. The van der Waals surface area contributed by atoms with Gasteiger partial charge in [-0.3, -0.25) is 9.00 Å². The van der Waals surface area contributed by atoms with Gasteiger partial charge in [-0.2, -0.15) is 0 Å². The van der Waals surface area contributed by atoms with Crippen molar-refractivity contribution in [3.63, 3.8) is 0 Å². The highest BCUT2D eigenvalue weighted by Gasteiger charge is 2.53. The van der Waals surface area contributed by atoms with E-state index in [1.807, 2.05) is 0 Å². The number of hydrogen-bond donors (Lipinski definition) is 0. The van der Waals surface area contributed by atoms with Crippen LogP contribution in [0.2, 0.25) is 0 Å². The zero-order chi connectivity index (χ0) is 14.1. The summed E-state index contributed by atoms with van der Waals surface area (Å²) in [6.07, 6.45) is 11.0. The first-order chi connectivity index (χ1) is 10.2. The lowest BCUT2D eigenvalue weighted by Crippen LogP contribution is -2.50. The predicted octanol–water partition coefficient (Wildman–Crippen LogP) is 3.32. The predicted molar refractivity (Wildman–Crippen MR) is 83.2 cm³/mol. The van der Waals surface area contributed by atoms with E-state index in [4.69, 9.17) is 0 Å². The third-order valence-corrected chi connectivity index (χ3v) is 9.69. The number of rotatable bonds is 2. The summed E-state index contributed by atoms with van der Waals surface area (Å²) >= 11 is 0. The molecule has 0 N–H and O–H groups in total. The molecule has 6 fully saturated rings. The maximum atomic E-state index is 13.2. The van der Waals surface area contributed by atoms with Gasteiger partial charge in [0.15, 0.2) is 0 Å². The summed E-state index contributed by atoms with van der Waals surface area (Å²) in [6, 6.07) is 0. The van der Waals surface area contributed by atoms with E-state index < -0.39 is 10.8 Å². The molecule has 6 aliphatic rings. The van der Waals surface area contributed by atoms with Crippen LogP contribution in [0.25, 0.3) is 0 Å². The quantitative estimate of drug-likeness (QED) is 0.784. The molecule has 116 valence electrons. The lowest BCUT2D eigenvalue weighted by atomic mass is 9.50. The Hall–Kier alpha value is -0.180. The Kier molecular flexibility index (Phi) is 2.95. The van der Waals surface area contributed by atoms with Gasteiger partial charge in [-0.15, -0.1) is 0 Å². The van der Waals surface area contributed by atoms with Crippen LogP contribution in [0.4, 0.5) is 0 Å². The summed E-state index contributed by atoms with van der Waals surface area (Å²) in [7, 11) is -0.617. The molecule has 4 aliphatic carbocycles. The highest BCUT2D eigenvalue weighted by Crippen LogP contribution is 2.57. The lowest BCUT2D eigenvalue weighted by Gasteiger charge is -2.54. The number of carbonyl (C=O) groups excluding carboxylic acids is 1. The summed E-state index contributed by atoms with van der Waals surface area (Å²) in [4.78, 5) is 13.2. The molecule has 6 rings (SSSR count). The minimum absolute atomic E-state index is 0.266. The largest absolute Gasteiger partial charge is 0.299 e. The average Bonchev–Trinajstić information content (AvgIpc) is 2.68. The van der Waals surface area contributed by atoms with Crippen LogP contribution < -0.4 is 0 Å². The van der Waals surface area contributed by atoms with Crippen molar-refractivity contribution >= 4 is 16.6 Å². The topological polar surface area (TPSA) is 34.1 Å². The van der Waals surface area contributed by atoms with Gasteiger partial charge >= 0.3 is 0 Å². The first kappa shape index (κ1) is 13.3. The van der Waals surface area contributed by atoms with Crippen molar-refractivity contribution in [1.29, 1.82) is 0 Å². The van der Waals surface area contributed by atoms with Crippen molar-refractivity contribution in [3.05, 3.63) is 0 Å². The first-order valence-electron chi connectivity index (χ1n) is 9.12. The van der Waals surface area contributed by atoms with Gasteiger partial charge < -0.3 is 0 Å².